The third-order valence-corrected chi connectivity index (χ3v) is 1.96. The molecule has 0 spiro atoms. The van der Waals surface area contributed by atoms with E-state index < -0.39 is 0 Å². The number of H-pyrrole nitrogens is 1. The van der Waals surface area contributed by atoms with Gasteiger partial charge in [-0.3, -0.25) is 4.98 Å². The van der Waals surface area contributed by atoms with Crippen molar-refractivity contribution in [3.63, 3.8) is 0 Å². The summed E-state index contributed by atoms with van der Waals surface area (Å²) in [5.74, 6) is 0.734. The van der Waals surface area contributed by atoms with E-state index in [4.69, 9.17) is 0 Å². The summed E-state index contributed by atoms with van der Waals surface area (Å²) in [5, 5.41) is 4.30. The molecule has 0 radical (unpaired) electrons. The average Bonchev–Trinajstić information content (AvgIpc) is 2.27. The highest BCUT2D eigenvalue weighted by Gasteiger charge is 2.24. The molecule has 0 saturated heterocycles. The molecule has 1 heterocycles. The summed E-state index contributed by atoms with van der Waals surface area (Å²) in [7, 11) is 0. The third-order valence-electron chi connectivity index (χ3n) is 1.96. The van der Waals surface area contributed by atoms with E-state index in [1.54, 1.807) is 0 Å². The van der Waals surface area contributed by atoms with Crippen LogP contribution in [0.4, 0.5) is 0 Å². The van der Waals surface area contributed by atoms with Gasteiger partial charge in [0.1, 0.15) is 5.82 Å². The summed E-state index contributed by atoms with van der Waals surface area (Å²) in [6.45, 7) is 12.0. The van der Waals surface area contributed by atoms with Gasteiger partial charge in [0.05, 0.1) is 5.54 Å². The Morgan fingerprint density at radius 2 is 1.64 bits per heavy atom. The van der Waals surface area contributed by atoms with Crippen LogP contribution in [-0.2, 0) is 11.0 Å². The zero-order valence-corrected chi connectivity index (χ0v) is 9.80. The van der Waals surface area contributed by atoms with Crippen LogP contribution in [0.25, 0.3) is 0 Å². The van der Waals surface area contributed by atoms with Gasteiger partial charge in [-0.2, -0.15) is 5.10 Å². The second-order valence-corrected chi connectivity index (χ2v) is 5.61. The van der Waals surface area contributed by atoms with Gasteiger partial charge in [-0.1, -0.05) is 20.8 Å². The lowest BCUT2D eigenvalue weighted by Crippen LogP contribution is -2.33. The second-order valence-electron chi connectivity index (χ2n) is 5.61. The fourth-order valence-electron chi connectivity index (χ4n) is 1.12. The first-order valence-electron chi connectivity index (χ1n) is 4.82. The summed E-state index contributed by atoms with van der Waals surface area (Å²) >= 11 is 0. The Bertz CT molecular complexity index is 373. The molecule has 0 amide bonds. The highest BCUT2D eigenvalue weighted by atomic mass is 16.2. The van der Waals surface area contributed by atoms with Crippen molar-refractivity contribution in [2.24, 2.45) is 0 Å². The molecule has 0 bridgehead atoms. The van der Waals surface area contributed by atoms with Crippen LogP contribution in [0.2, 0.25) is 0 Å². The summed E-state index contributed by atoms with van der Waals surface area (Å²) in [6, 6.07) is 0. The van der Waals surface area contributed by atoms with E-state index in [9.17, 15) is 4.79 Å². The van der Waals surface area contributed by atoms with Crippen LogP contribution in [0.3, 0.4) is 0 Å². The first kappa shape index (κ1) is 11.0. The fraction of sp³-hybridized carbons (Fsp3) is 0.800. The summed E-state index contributed by atoms with van der Waals surface area (Å²) < 4.78 is 1.49. The minimum absolute atomic E-state index is 0.115. The Morgan fingerprint density at radius 3 is 1.86 bits per heavy atom. The van der Waals surface area contributed by atoms with E-state index >= 15 is 0 Å². The van der Waals surface area contributed by atoms with Crippen molar-refractivity contribution in [1.29, 1.82) is 0 Å². The Labute approximate surface area is 84.3 Å². The Balaban J connectivity index is 3.26. The number of aromatic nitrogens is 3. The first-order valence-corrected chi connectivity index (χ1v) is 4.82. The molecule has 1 rings (SSSR count). The highest BCUT2D eigenvalue weighted by molar-refractivity contribution is 4.99. The van der Waals surface area contributed by atoms with E-state index in [2.05, 4.69) is 10.1 Å². The number of hydrogen-bond acceptors (Lipinski definition) is 2. The predicted octanol–water partition coefficient (Wildman–Crippen LogP) is 1.62. The summed E-state index contributed by atoms with van der Waals surface area (Å²) in [4.78, 5) is 14.4. The van der Waals surface area contributed by atoms with Crippen LogP contribution in [0.15, 0.2) is 4.79 Å². The molecule has 1 aromatic rings. The zero-order valence-electron chi connectivity index (χ0n) is 9.80. The topological polar surface area (TPSA) is 50.7 Å². The van der Waals surface area contributed by atoms with Crippen LogP contribution in [0.5, 0.6) is 0 Å². The van der Waals surface area contributed by atoms with E-state index in [0.717, 1.165) is 5.82 Å². The molecule has 0 unspecified atom stereocenters. The SMILES string of the molecule is CC(C)(C)c1nn(C(C)(C)C)c(=O)[nH]1. The van der Waals surface area contributed by atoms with Crippen molar-refractivity contribution in [1.82, 2.24) is 14.8 Å². The highest BCUT2D eigenvalue weighted by Crippen LogP contribution is 2.18. The Kier molecular flexibility index (Phi) is 2.34. The molecule has 0 aliphatic carbocycles. The van der Waals surface area contributed by atoms with Gasteiger partial charge in [-0.25, -0.2) is 9.48 Å². The quantitative estimate of drug-likeness (QED) is 0.687. The van der Waals surface area contributed by atoms with Gasteiger partial charge >= 0.3 is 5.69 Å². The van der Waals surface area contributed by atoms with Crippen LogP contribution in [-0.4, -0.2) is 14.8 Å². The minimum Gasteiger partial charge on any atom is -0.292 e. The number of nitrogens with zero attached hydrogens (tertiary/aromatic N) is 2. The molecule has 0 aromatic carbocycles. The number of hydrogen-bond donors (Lipinski definition) is 1. The maximum absolute atomic E-state index is 11.6. The minimum atomic E-state index is -0.267. The second kappa shape index (κ2) is 2.97. The number of rotatable bonds is 0. The van der Waals surface area contributed by atoms with Crippen molar-refractivity contribution in [2.45, 2.75) is 52.5 Å². The predicted molar refractivity (Wildman–Crippen MR) is 56.5 cm³/mol. The van der Waals surface area contributed by atoms with Crippen LogP contribution in [0.1, 0.15) is 47.4 Å². The van der Waals surface area contributed by atoms with Crippen molar-refractivity contribution in [3.05, 3.63) is 16.3 Å². The molecule has 1 aromatic heterocycles. The molecule has 1 N–H and O–H groups in total. The van der Waals surface area contributed by atoms with Crippen LogP contribution in [0, 0.1) is 0 Å². The van der Waals surface area contributed by atoms with E-state index in [1.165, 1.54) is 4.68 Å². The van der Waals surface area contributed by atoms with Gasteiger partial charge in [-0.15, -0.1) is 0 Å². The molecule has 0 saturated carbocycles. The number of nitrogens with one attached hydrogen (secondary N) is 1. The molecule has 0 aliphatic heterocycles. The maximum Gasteiger partial charge on any atom is 0.343 e. The largest absolute Gasteiger partial charge is 0.343 e. The smallest absolute Gasteiger partial charge is 0.292 e. The molecular formula is C10H19N3O. The summed E-state index contributed by atoms with van der Waals surface area (Å²) in [6.07, 6.45) is 0. The molecule has 80 valence electrons. The molecule has 14 heavy (non-hydrogen) atoms. The van der Waals surface area contributed by atoms with Crippen LogP contribution < -0.4 is 5.69 Å². The van der Waals surface area contributed by atoms with E-state index in [0.29, 0.717) is 0 Å². The lowest BCUT2D eigenvalue weighted by Gasteiger charge is -2.18. The Hall–Kier alpha value is -1.06. The van der Waals surface area contributed by atoms with E-state index in [-0.39, 0.29) is 16.6 Å². The average molecular weight is 197 g/mol. The molecule has 0 aliphatic rings. The van der Waals surface area contributed by atoms with Crippen LogP contribution >= 0.6 is 0 Å². The zero-order chi connectivity index (χ0) is 11.1. The van der Waals surface area contributed by atoms with Crippen molar-refractivity contribution >= 4 is 0 Å². The normalized spacial score (nSPS) is 13.3. The molecule has 0 atom stereocenters. The van der Waals surface area contributed by atoms with Gasteiger partial charge in [0, 0.05) is 5.41 Å². The maximum atomic E-state index is 11.6. The number of aromatic amines is 1. The lowest BCUT2D eigenvalue weighted by atomic mass is 9.96. The first-order chi connectivity index (χ1) is 6.12. The lowest BCUT2D eigenvalue weighted by molar-refractivity contribution is 0.338. The van der Waals surface area contributed by atoms with Crippen molar-refractivity contribution in [2.75, 3.05) is 0 Å². The van der Waals surface area contributed by atoms with Gasteiger partial charge in [0.25, 0.3) is 0 Å². The third kappa shape index (κ3) is 2.05. The van der Waals surface area contributed by atoms with Gasteiger partial charge < -0.3 is 0 Å². The van der Waals surface area contributed by atoms with Crippen molar-refractivity contribution in [3.8, 4) is 0 Å². The molecule has 4 nitrogen and oxygen atoms in total. The standard InChI is InChI=1S/C10H19N3O/c1-9(2,3)7-11-8(14)13(12-7)10(4,5)6/h1-6H3,(H,11,12,14). The molecule has 0 fully saturated rings. The fourth-order valence-corrected chi connectivity index (χ4v) is 1.12. The van der Waals surface area contributed by atoms with Crippen molar-refractivity contribution < 1.29 is 0 Å². The van der Waals surface area contributed by atoms with Gasteiger partial charge in [0.2, 0.25) is 0 Å². The summed E-state index contributed by atoms with van der Waals surface area (Å²) in [5.41, 5.74) is -0.519. The monoisotopic (exact) mass is 197 g/mol. The van der Waals surface area contributed by atoms with Gasteiger partial charge in [0.15, 0.2) is 0 Å². The Morgan fingerprint density at radius 1 is 1.14 bits per heavy atom. The van der Waals surface area contributed by atoms with Gasteiger partial charge in [-0.05, 0) is 20.8 Å². The van der Waals surface area contributed by atoms with E-state index in [1.807, 2.05) is 41.5 Å². The molecule has 4 heteroatoms. The molecular weight excluding hydrogens is 178 g/mol.